The minimum absolute atomic E-state index is 0.158. The maximum absolute atomic E-state index is 5.33. The number of rotatable bonds is 5. The van der Waals surface area contributed by atoms with Gasteiger partial charge in [-0.25, -0.2) is 0 Å². The number of nitrogens with zero attached hydrogens (tertiary/aromatic N) is 1. The number of hydrogen-bond acceptors (Lipinski definition) is 3. The Morgan fingerprint density at radius 2 is 2.12 bits per heavy atom. The summed E-state index contributed by atoms with van der Waals surface area (Å²) < 4.78 is 5.03. The van der Waals surface area contributed by atoms with E-state index in [2.05, 4.69) is 10.5 Å². The Kier molecular flexibility index (Phi) is 5.45. The van der Waals surface area contributed by atoms with E-state index in [0.29, 0.717) is 13.0 Å². The molecule has 0 spiro atoms. The molecule has 0 fully saturated rings. The molecule has 0 aliphatic carbocycles. The molecule has 1 rings (SSSR count). The van der Waals surface area contributed by atoms with Crippen molar-refractivity contribution in [2.75, 3.05) is 13.7 Å². The van der Waals surface area contributed by atoms with Gasteiger partial charge in [-0.3, -0.25) is 5.43 Å². The second-order valence-corrected chi connectivity index (χ2v) is 3.58. The third-order valence-electron chi connectivity index (χ3n) is 1.95. The third kappa shape index (κ3) is 4.37. The van der Waals surface area contributed by atoms with Gasteiger partial charge in [0.2, 0.25) is 0 Å². The van der Waals surface area contributed by atoms with Crippen molar-refractivity contribution in [1.29, 1.82) is 0 Å². The van der Waals surface area contributed by atoms with E-state index in [1.807, 2.05) is 30.3 Å². The normalized spacial score (nSPS) is 11.2. The van der Waals surface area contributed by atoms with Crippen LogP contribution in [-0.2, 0) is 4.74 Å². The lowest BCUT2D eigenvalue weighted by Gasteiger charge is -2.06. The van der Waals surface area contributed by atoms with E-state index < -0.39 is 0 Å². The van der Waals surface area contributed by atoms with Crippen molar-refractivity contribution in [3.05, 3.63) is 35.9 Å². The largest absolute Gasteiger partial charge is 0.384 e. The lowest BCUT2D eigenvalue weighted by molar-refractivity contribution is 0.207. The summed E-state index contributed by atoms with van der Waals surface area (Å²) in [7, 11) is 1.66. The van der Waals surface area contributed by atoms with Crippen LogP contribution >= 0.6 is 12.2 Å². The van der Waals surface area contributed by atoms with Gasteiger partial charge in [-0.15, -0.1) is 0 Å². The van der Waals surface area contributed by atoms with Crippen molar-refractivity contribution in [3.63, 3.8) is 0 Å². The second-order valence-electron chi connectivity index (χ2n) is 3.14. The standard InChI is InChI=1S/C11H15N3OS/c1-15-8-7-10(13-14-11(12)16)9-5-3-2-4-6-9/h2-6H,7-8H2,1H3,(H3,12,14,16). The lowest BCUT2D eigenvalue weighted by atomic mass is 10.1. The van der Waals surface area contributed by atoms with Gasteiger partial charge in [-0.05, 0) is 17.8 Å². The quantitative estimate of drug-likeness (QED) is 0.460. The molecule has 86 valence electrons. The van der Waals surface area contributed by atoms with Crippen LogP contribution in [0.4, 0.5) is 0 Å². The molecule has 0 bridgehead atoms. The number of nitrogens with two attached hydrogens (primary N) is 1. The van der Waals surface area contributed by atoms with Gasteiger partial charge in [0.15, 0.2) is 5.11 Å². The SMILES string of the molecule is COCCC(=NNC(N)=S)c1ccccc1. The molecule has 0 saturated carbocycles. The Bertz CT molecular complexity index is 365. The van der Waals surface area contributed by atoms with E-state index in [1.54, 1.807) is 7.11 Å². The van der Waals surface area contributed by atoms with Gasteiger partial charge in [-0.2, -0.15) is 5.10 Å². The van der Waals surface area contributed by atoms with Crippen LogP contribution in [-0.4, -0.2) is 24.5 Å². The molecule has 0 radical (unpaired) electrons. The number of ether oxygens (including phenoxy) is 1. The Labute approximate surface area is 100 Å². The number of benzene rings is 1. The van der Waals surface area contributed by atoms with E-state index >= 15 is 0 Å². The molecule has 0 aromatic heterocycles. The summed E-state index contributed by atoms with van der Waals surface area (Å²) in [6.07, 6.45) is 0.704. The van der Waals surface area contributed by atoms with Crippen LogP contribution < -0.4 is 11.2 Å². The summed E-state index contributed by atoms with van der Waals surface area (Å²) in [4.78, 5) is 0. The molecule has 1 aromatic carbocycles. The van der Waals surface area contributed by atoms with Crippen molar-refractivity contribution in [1.82, 2.24) is 5.43 Å². The van der Waals surface area contributed by atoms with Gasteiger partial charge in [-0.1, -0.05) is 30.3 Å². The van der Waals surface area contributed by atoms with Gasteiger partial charge in [0, 0.05) is 13.5 Å². The second kappa shape index (κ2) is 6.92. The predicted octanol–water partition coefficient (Wildman–Crippen LogP) is 1.26. The van der Waals surface area contributed by atoms with Gasteiger partial charge in [0.05, 0.1) is 12.3 Å². The molecular formula is C11H15N3OS. The number of hydrogen-bond donors (Lipinski definition) is 2. The van der Waals surface area contributed by atoms with Crippen molar-refractivity contribution in [2.24, 2.45) is 10.8 Å². The molecule has 5 heteroatoms. The molecule has 16 heavy (non-hydrogen) atoms. The smallest absolute Gasteiger partial charge is 0.184 e. The number of methoxy groups -OCH3 is 1. The minimum Gasteiger partial charge on any atom is -0.384 e. The summed E-state index contributed by atoms with van der Waals surface area (Å²) in [5.41, 5.74) is 9.83. The van der Waals surface area contributed by atoms with Gasteiger partial charge < -0.3 is 10.5 Å². The molecule has 0 atom stereocenters. The van der Waals surface area contributed by atoms with Crippen LogP contribution in [0.25, 0.3) is 0 Å². The Morgan fingerprint density at radius 1 is 1.44 bits per heavy atom. The first kappa shape index (κ1) is 12.6. The fourth-order valence-electron chi connectivity index (χ4n) is 1.22. The van der Waals surface area contributed by atoms with E-state index in [0.717, 1.165) is 11.3 Å². The number of thiocarbonyl (C=S) groups is 1. The first-order valence-electron chi connectivity index (χ1n) is 4.90. The Balaban J connectivity index is 2.78. The number of hydrazone groups is 1. The van der Waals surface area contributed by atoms with Crippen LogP contribution in [0.1, 0.15) is 12.0 Å². The highest BCUT2D eigenvalue weighted by molar-refractivity contribution is 7.80. The summed E-state index contributed by atoms with van der Waals surface area (Å²) in [6, 6.07) is 9.83. The van der Waals surface area contributed by atoms with Crippen molar-refractivity contribution < 1.29 is 4.74 Å². The first-order valence-corrected chi connectivity index (χ1v) is 5.31. The average molecular weight is 237 g/mol. The number of nitrogens with one attached hydrogen (secondary N) is 1. The van der Waals surface area contributed by atoms with E-state index in [-0.39, 0.29) is 5.11 Å². The summed E-state index contributed by atoms with van der Waals surface area (Å²) in [5.74, 6) is 0. The van der Waals surface area contributed by atoms with Crippen LogP contribution in [0.3, 0.4) is 0 Å². The van der Waals surface area contributed by atoms with Crippen LogP contribution in [0.2, 0.25) is 0 Å². The molecule has 0 amide bonds. The van der Waals surface area contributed by atoms with Gasteiger partial charge in [0.1, 0.15) is 0 Å². The zero-order chi connectivity index (χ0) is 11.8. The van der Waals surface area contributed by atoms with Crippen molar-refractivity contribution >= 4 is 23.0 Å². The van der Waals surface area contributed by atoms with E-state index in [4.69, 9.17) is 22.7 Å². The molecule has 0 unspecified atom stereocenters. The van der Waals surface area contributed by atoms with E-state index in [1.165, 1.54) is 0 Å². The Hall–Kier alpha value is -1.46. The fourth-order valence-corrected chi connectivity index (χ4v) is 1.26. The highest BCUT2D eigenvalue weighted by Gasteiger charge is 2.02. The fraction of sp³-hybridized carbons (Fsp3) is 0.273. The Morgan fingerprint density at radius 3 is 2.69 bits per heavy atom. The van der Waals surface area contributed by atoms with Crippen molar-refractivity contribution in [3.8, 4) is 0 Å². The lowest BCUT2D eigenvalue weighted by Crippen LogP contribution is -2.26. The molecule has 0 aliphatic rings. The monoisotopic (exact) mass is 237 g/mol. The van der Waals surface area contributed by atoms with Crippen LogP contribution in [0, 0.1) is 0 Å². The van der Waals surface area contributed by atoms with Gasteiger partial charge in [0.25, 0.3) is 0 Å². The molecule has 3 N–H and O–H groups in total. The molecule has 1 aromatic rings. The summed E-state index contributed by atoms with van der Waals surface area (Å²) >= 11 is 4.70. The zero-order valence-electron chi connectivity index (χ0n) is 9.14. The minimum atomic E-state index is 0.158. The van der Waals surface area contributed by atoms with E-state index in [9.17, 15) is 0 Å². The topological polar surface area (TPSA) is 59.6 Å². The predicted molar refractivity (Wildman–Crippen MR) is 69.4 cm³/mol. The third-order valence-corrected chi connectivity index (χ3v) is 2.04. The van der Waals surface area contributed by atoms with Crippen LogP contribution in [0.15, 0.2) is 35.4 Å². The molecule has 0 heterocycles. The van der Waals surface area contributed by atoms with Crippen molar-refractivity contribution in [2.45, 2.75) is 6.42 Å². The summed E-state index contributed by atoms with van der Waals surface area (Å²) in [5, 5.41) is 4.31. The van der Waals surface area contributed by atoms with Gasteiger partial charge >= 0.3 is 0 Å². The maximum atomic E-state index is 5.33. The maximum Gasteiger partial charge on any atom is 0.184 e. The highest BCUT2D eigenvalue weighted by atomic mass is 32.1. The zero-order valence-corrected chi connectivity index (χ0v) is 9.96. The molecule has 0 saturated heterocycles. The first-order chi connectivity index (χ1) is 7.74. The summed E-state index contributed by atoms with van der Waals surface area (Å²) in [6.45, 7) is 0.604. The molecular weight excluding hydrogens is 222 g/mol. The molecule has 0 aliphatic heterocycles. The average Bonchev–Trinajstić information content (AvgIpc) is 2.30. The highest BCUT2D eigenvalue weighted by Crippen LogP contribution is 2.04. The van der Waals surface area contributed by atoms with Crippen LogP contribution in [0.5, 0.6) is 0 Å². The molecule has 4 nitrogen and oxygen atoms in total.